The third-order valence-corrected chi connectivity index (χ3v) is 4.48. The van der Waals surface area contributed by atoms with Crippen molar-refractivity contribution in [1.29, 1.82) is 0 Å². The molecule has 1 N–H and O–H groups in total. The fourth-order valence-electron chi connectivity index (χ4n) is 2.23. The molecule has 0 aliphatic heterocycles. The monoisotopic (exact) mass is 338 g/mol. The number of rotatable bonds is 8. The summed E-state index contributed by atoms with van der Waals surface area (Å²) in [5.74, 6) is 0. The first-order valence-corrected chi connectivity index (χ1v) is 8.54. The lowest BCUT2D eigenvalue weighted by Crippen LogP contribution is -2.09. The van der Waals surface area contributed by atoms with E-state index in [1.807, 2.05) is 42.5 Å². The first-order valence-electron chi connectivity index (χ1n) is 7.72. The van der Waals surface area contributed by atoms with Crippen LogP contribution in [0.4, 0.5) is 5.69 Å². The standard InChI is InChI=1S/C19H18N2O2S/c22-13-17-7-9-19(24-17)18-8-6-16(12-21-18)20-10-11-23-14-15-4-2-1-3-5-15/h1-9,12-13,20H,10-11,14H2. The van der Waals surface area contributed by atoms with Crippen molar-refractivity contribution in [3.63, 3.8) is 0 Å². The highest BCUT2D eigenvalue weighted by Gasteiger charge is 2.03. The molecule has 3 aromatic rings. The number of aromatic nitrogens is 1. The van der Waals surface area contributed by atoms with Crippen LogP contribution in [-0.4, -0.2) is 24.4 Å². The van der Waals surface area contributed by atoms with Gasteiger partial charge in [0.1, 0.15) is 0 Å². The summed E-state index contributed by atoms with van der Waals surface area (Å²) in [6.45, 7) is 1.98. The maximum absolute atomic E-state index is 10.7. The maximum atomic E-state index is 10.7. The molecule has 0 unspecified atom stereocenters. The van der Waals surface area contributed by atoms with Crippen molar-refractivity contribution in [1.82, 2.24) is 4.98 Å². The van der Waals surface area contributed by atoms with E-state index in [1.54, 1.807) is 6.20 Å². The Balaban J connectivity index is 1.43. The Bertz CT molecular complexity index is 770. The first-order chi connectivity index (χ1) is 11.8. The van der Waals surface area contributed by atoms with E-state index in [9.17, 15) is 4.79 Å². The molecule has 0 bridgehead atoms. The maximum Gasteiger partial charge on any atom is 0.160 e. The van der Waals surface area contributed by atoms with E-state index in [4.69, 9.17) is 4.74 Å². The van der Waals surface area contributed by atoms with Gasteiger partial charge in [0, 0.05) is 6.54 Å². The van der Waals surface area contributed by atoms with Crippen LogP contribution in [0.5, 0.6) is 0 Å². The van der Waals surface area contributed by atoms with Crippen molar-refractivity contribution in [2.45, 2.75) is 6.61 Å². The van der Waals surface area contributed by atoms with Crippen molar-refractivity contribution in [3.05, 3.63) is 71.2 Å². The number of nitrogens with zero attached hydrogens (tertiary/aromatic N) is 1. The number of hydrogen-bond donors (Lipinski definition) is 1. The lowest BCUT2D eigenvalue weighted by molar-refractivity contribution is 0.112. The molecule has 3 rings (SSSR count). The molecule has 4 nitrogen and oxygen atoms in total. The Kier molecular flexibility index (Phi) is 5.71. The molecule has 2 aromatic heterocycles. The highest BCUT2D eigenvalue weighted by Crippen LogP contribution is 2.26. The van der Waals surface area contributed by atoms with Crippen LogP contribution in [0.15, 0.2) is 60.8 Å². The minimum Gasteiger partial charge on any atom is -0.381 e. The van der Waals surface area contributed by atoms with Crippen LogP contribution in [0.2, 0.25) is 0 Å². The van der Waals surface area contributed by atoms with Gasteiger partial charge in [-0.15, -0.1) is 11.3 Å². The van der Waals surface area contributed by atoms with Crippen molar-refractivity contribution < 1.29 is 9.53 Å². The predicted octanol–water partition coefficient (Wildman–Crippen LogP) is 4.25. The summed E-state index contributed by atoms with van der Waals surface area (Å²) >= 11 is 1.44. The summed E-state index contributed by atoms with van der Waals surface area (Å²) in [6.07, 6.45) is 2.66. The first kappa shape index (κ1) is 16.4. The molecule has 0 saturated heterocycles. The summed E-state index contributed by atoms with van der Waals surface area (Å²) in [4.78, 5) is 16.9. The Labute approximate surface area is 145 Å². The van der Waals surface area contributed by atoms with Gasteiger partial charge in [0.2, 0.25) is 0 Å². The lowest BCUT2D eigenvalue weighted by Gasteiger charge is -2.07. The highest BCUT2D eigenvalue weighted by molar-refractivity contribution is 7.17. The summed E-state index contributed by atoms with van der Waals surface area (Å²) in [5.41, 5.74) is 3.00. The fraction of sp³-hybridized carbons (Fsp3) is 0.158. The number of carbonyl (C=O) groups is 1. The zero-order valence-electron chi connectivity index (χ0n) is 13.1. The Morgan fingerprint density at radius 2 is 1.96 bits per heavy atom. The van der Waals surface area contributed by atoms with Crippen LogP contribution in [-0.2, 0) is 11.3 Å². The highest BCUT2D eigenvalue weighted by atomic mass is 32.1. The molecular formula is C19H18N2O2S. The number of nitrogens with one attached hydrogen (secondary N) is 1. The van der Waals surface area contributed by atoms with E-state index in [-0.39, 0.29) is 0 Å². The SMILES string of the molecule is O=Cc1ccc(-c2ccc(NCCOCc3ccccc3)cn2)s1. The molecule has 122 valence electrons. The van der Waals surface area contributed by atoms with Gasteiger partial charge in [-0.1, -0.05) is 30.3 Å². The van der Waals surface area contributed by atoms with Gasteiger partial charge in [-0.3, -0.25) is 9.78 Å². The zero-order valence-corrected chi connectivity index (χ0v) is 14.0. The van der Waals surface area contributed by atoms with Gasteiger partial charge in [0.15, 0.2) is 6.29 Å². The van der Waals surface area contributed by atoms with E-state index in [0.29, 0.717) is 18.1 Å². The third kappa shape index (κ3) is 4.50. The molecule has 0 radical (unpaired) electrons. The topological polar surface area (TPSA) is 51.2 Å². The number of thiophene rings is 1. The Morgan fingerprint density at radius 3 is 2.67 bits per heavy atom. The summed E-state index contributed by atoms with van der Waals surface area (Å²) in [6, 6.07) is 17.8. The van der Waals surface area contributed by atoms with Gasteiger partial charge in [-0.05, 0) is 29.8 Å². The quantitative estimate of drug-likeness (QED) is 0.493. The number of ether oxygens (including phenoxy) is 1. The summed E-state index contributed by atoms with van der Waals surface area (Å²) < 4.78 is 5.64. The second-order valence-corrected chi connectivity index (χ2v) is 6.33. The van der Waals surface area contributed by atoms with Crippen molar-refractivity contribution in [2.75, 3.05) is 18.5 Å². The molecule has 0 spiro atoms. The van der Waals surface area contributed by atoms with E-state index in [0.717, 1.165) is 29.1 Å². The predicted molar refractivity (Wildman–Crippen MR) is 97.5 cm³/mol. The third-order valence-electron chi connectivity index (χ3n) is 3.45. The number of anilines is 1. The van der Waals surface area contributed by atoms with E-state index < -0.39 is 0 Å². The van der Waals surface area contributed by atoms with Crippen molar-refractivity contribution in [3.8, 4) is 10.6 Å². The number of benzene rings is 1. The van der Waals surface area contributed by atoms with Gasteiger partial charge in [0.25, 0.3) is 0 Å². The van der Waals surface area contributed by atoms with Gasteiger partial charge in [-0.2, -0.15) is 0 Å². The van der Waals surface area contributed by atoms with Crippen LogP contribution in [0.3, 0.4) is 0 Å². The van der Waals surface area contributed by atoms with Gasteiger partial charge < -0.3 is 10.1 Å². The molecule has 5 heteroatoms. The molecule has 24 heavy (non-hydrogen) atoms. The van der Waals surface area contributed by atoms with E-state index >= 15 is 0 Å². The average Bonchev–Trinajstić information content (AvgIpc) is 3.12. The zero-order chi connectivity index (χ0) is 16.6. The summed E-state index contributed by atoms with van der Waals surface area (Å²) in [7, 11) is 0. The van der Waals surface area contributed by atoms with Crippen LogP contribution < -0.4 is 5.32 Å². The smallest absolute Gasteiger partial charge is 0.160 e. The second kappa shape index (κ2) is 8.38. The number of carbonyl (C=O) groups excluding carboxylic acids is 1. The lowest BCUT2D eigenvalue weighted by atomic mass is 10.2. The van der Waals surface area contributed by atoms with Crippen LogP contribution in [0.25, 0.3) is 10.6 Å². The molecule has 0 aliphatic rings. The second-order valence-electron chi connectivity index (χ2n) is 5.22. The number of hydrogen-bond acceptors (Lipinski definition) is 5. The molecule has 2 heterocycles. The molecule has 0 aliphatic carbocycles. The largest absolute Gasteiger partial charge is 0.381 e. The van der Waals surface area contributed by atoms with Crippen LogP contribution in [0.1, 0.15) is 15.2 Å². The average molecular weight is 338 g/mol. The molecule has 1 aromatic carbocycles. The normalized spacial score (nSPS) is 10.5. The van der Waals surface area contributed by atoms with Gasteiger partial charge >= 0.3 is 0 Å². The molecule has 0 fully saturated rings. The fourth-order valence-corrected chi connectivity index (χ4v) is 3.03. The summed E-state index contributed by atoms with van der Waals surface area (Å²) in [5, 5.41) is 3.29. The van der Waals surface area contributed by atoms with Crippen molar-refractivity contribution in [2.24, 2.45) is 0 Å². The van der Waals surface area contributed by atoms with Crippen LogP contribution >= 0.6 is 11.3 Å². The number of aldehydes is 1. The molecule has 0 atom stereocenters. The van der Waals surface area contributed by atoms with E-state index in [2.05, 4.69) is 22.4 Å². The van der Waals surface area contributed by atoms with Gasteiger partial charge in [0.05, 0.1) is 40.5 Å². The molecule has 0 saturated carbocycles. The Morgan fingerprint density at radius 1 is 1.08 bits per heavy atom. The number of pyridine rings is 1. The van der Waals surface area contributed by atoms with E-state index in [1.165, 1.54) is 16.9 Å². The minimum atomic E-state index is 0.622. The van der Waals surface area contributed by atoms with Gasteiger partial charge in [-0.25, -0.2) is 0 Å². The molecule has 0 amide bonds. The van der Waals surface area contributed by atoms with Crippen LogP contribution in [0, 0.1) is 0 Å². The minimum absolute atomic E-state index is 0.622. The Hall–Kier alpha value is -2.50. The van der Waals surface area contributed by atoms with Crippen molar-refractivity contribution >= 4 is 23.3 Å². The molecular weight excluding hydrogens is 320 g/mol.